The third-order valence-electron chi connectivity index (χ3n) is 1.63. The van der Waals surface area contributed by atoms with Crippen molar-refractivity contribution in [1.29, 1.82) is 0 Å². The second-order valence-corrected chi connectivity index (χ2v) is 3.59. The second kappa shape index (κ2) is 10.2. The Morgan fingerprint density at radius 1 is 1.00 bits per heavy atom. The van der Waals surface area contributed by atoms with E-state index in [-0.39, 0.29) is 0 Å². The van der Waals surface area contributed by atoms with E-state index in [1.165, 1.54) is 38.5 Å². The van der Waals surface area contributed by atoms with E-state index in [0.29, 0.717) is 0 Å². The fraction of sp³-hybridized carbons (Fsp3) is 0.800. The zero-order chi connectivity index (χ0) is 8.36. The molecule has 0 nitrogen and oxygen atoms in total. The monoisotopic (exact) mass is 218 g/mol. The van der Waals surface area contributed by atoms with Crippen molar-refractivity contribution in [2.45, 2.75) is 45.4 Å². The van der Waals surface area contributed by atoms with Crippen LogP contribution < -0.4 is 0 Å². The molecule has 0 bridgehead atoms. The van der Waals surface area contributed by atoms with Gasteiger partial charge in [-0.25, -0.2) is 0 Å². The number of rotatable bonds is 7. The third kappa shape index (κ3) is 10.2. The molecule has 0 aromatic rings. The molecular formula is C10H19Br. The largest absolute Gasteiger partial charge is 0.0928 e. The van der Waals surface area contributed by atoms with Crippen molar-refractivity contribution in [3.05, 3.63) is 12.2 Å². The van der Waals surface area contributed by atoms with Gasteiger partial charge in [0, 0.05) is 5.33 Å². The van der Waals surface area contributed by atoms with Gasteiger partial charge in [0.05, 0.1) is 0 Å². The van der Waals surface area contributed by atoms with Crippen LogP contribution >= 0.6 is 15.9 Å². The standard InChI is InChI=1S/C10H19Br/c1-2-3-4-5-6-7-8-9-10-11/h4-5H,2-3,6-10H2,1H3/b5-4-. The molecule has 0 aliphatic heterocycles. The van der Waals surface area contributed by atoms with Crippen molar-refractivity contribution in [2.75, 3.05) is 5.33 Å². The van der Waals surface area contributed by atoms with Crippen LogP contribution in [0.25, 0.3) is 0 Å². The molecule has 66 valence electrons. The number of halogens is 1. The summed E-state index contributed by atoms with van der Waals surface area (Å²) >= 11 is 3.43. The Bertz CT molecular complexity index is 86.9. The van der Waals surface area contributed by atoms with Crippen LogP contribution in [0.2, 0.25) is 0 Å². The molecule has 11 heavy (non-hydrogen) atoms. The van der Waals surface area contributed by atoms with Gasteiger partial charge in [-0.15, -0.1) is 0 Å². The lowest BCUT2D eigenvalue weighted by molar-refractivity contribution is 0.735. The summed E-state index contributed by atoms with van der Waals surface area (Å²) < 4.78 is 0. The number of hydrogen-bond donors (Lipinski definition) is 0. The number of allylic oxidation sites excluding steroid dienone is 2. The highest BCUT2D eigenvalue weighted by atomic mass is 79.9. The maximum atomic E-state index is 3.43. The average molecular weight is 219 g/mol. The Morgan fingerprint density at radius 3 is 2.36 bits per heavy atom. The first kappa shape index (κ1) is 11.2. The summed E-state index contributed by atoms with van der Waals surface area (Å²) in [5, 5.41) is 1.16. The van der Waals surface area contributed by atoms with E-state index in [4.69, 9.17) is 0 Å². The summed E-state index contributed by atoms with van der Waals surface area (Å²) in [5.74, 6) is 0. The SMILES string of the molecule is CCC/C=C\CCCCCBr. The van der Waals surface area contributed by atoms with Crippen molar-refractivity contribution >= 4 is 15.9 Å². The van der Waals surface area contributed by atoms with Crippen LogP contribution in [0.15, 0.2) is 12.2 Å². The lowest BCUT2D eigenvalue weighted by Crippen LogP contribution is -1.75. The van der Waals surface area contributed by atoms with E-state index < -0.39 is 0 Å². The molecule has 0 radical (unpaired) electrons. The van der Waals surface area contributed by atoms with Crippen molar-refractivity contribution in [1.82, 2.24) is 0 Å². The summed E-state index contributed by atoms with van der Waals surface area (Å²) in [6.07, 6.45) is 12.4. The van der Waals surface area contributed by atoms with E-state index in [2.05, 4.69) is 35.0 Å². The maximum absolute atomic E-state index is 3.43. The second-order valence-electron chi connectivity index (χ2n) is 2.80. The highest BCUT2D eigenvalue weighted by molar-refractivity contribution is 9.09. The summed E-state index contributed by atoms with van der Waals surface area (Å²) in [7, 11) is 0. The normalized spacial score (nSPS) is 11.1. The Hall–Kier alpha value is 0.220. The molecule has 0 aliphatic rings. The fourth-order valence-electron chi connectivity index (χ4n) is 0.936. The molecule has 0 amide bonds. The van der Waals surface area contributed by atoms with Gasteiger partial charge in [0.1, 0.15) is 0 Å². The maximum Gasteiger partial charge on any atom is 0.00313 e. The number of alkyl halides is 1. The van der Waals surface area contributed by atoms with Crippen molar-refractivity contribution in [3.8, 4) is 0 Å². The minimum absolute atomic E-state index is 1.16. The van der Waals surface area contributed by atoms with Crippen molar-refractivity contribution in [2.24, 2.45) is 0 Å². The van der Waals surface area contributed by atoms with Gasteiger partial charge in [-0.05, 0) is 25.7 Å². The highest BCUT2D eigenvalue weighted by Crippen LogP contribution is 2.03. The zero-order valence-electron chi connectivity index (χ0n) is 7.48. The first-order valence-electron chi connectivity index (χ1n) is 4.62. The van der Waals surface area contributed by atoms with E-state index in [0.717, 1.165) is 5.33 Å². The molecule has 0 unspecified atom stereocenters. The van der Waals surface area contributed by atoms with Gasteiger partial charge in [0.25, 0.3) is 0 Å². The van der Waals surface area contributed by atoms with E-state index in [1.54, 1.807) is 0 Å². The van der Waals surface area contributed by atoms with E-state index in [1.807, 2.05) is 0 Å². The van der Waals surface area contributed by atoms with Crippen LogP contribution in [0.3, 0.4) is 0 Å². The topological polar surface area (TPSA) is 0 Å². The van der Waals surface area contributed by atoms with Crippen molar-refractivity contribution in [3.63, 3.8) is 0 Å². The predicted molar refractivity (Wildman–Crippen MR) is 56.3 cm³/mol. The van der Waals surface area contributed by atoms with Gasteiger partial charge in [0.15, 0.2) is 0 Å². The summed E-state index contributed by atoms with van der Waals surface area (Å²) in [6.45, 7) is 2.22. The lowest BCUT2D eigenvalue weighted by Gasteiger charge is -1.92. The minimum atomic E-state index is 1.16. The first-order chi connectivity index (χ1) is 5.41. The van der Waals surface area contributed by atoms with Gasteiger partial charge in [-0.1, -0.05) is 47.8 Å². The van der Waals surface area contributed by atoms with Crippen LogP contribution in [0, 0.1) is 0 Å². The molecule has 0 spiro atoms. The molecule has 0 aromatic carbocycles. The first-order valence-corrected chi connectivity index (χ1v) is 5.75. The van der Waals surface area contributed by atoms with Gasteiger partial charge in [-0.2, -0.15) is 0 Å². The molecule has 0 heterocycles. The van der Waals surface area contributed by atoms with Crippen molar-refractivity contribution < 1.29 is 0 Å². The Labute approximate surface area is 79.2 Å². The van der Waals surface area contributed by atoms with Crippen LogP contribution in [0.4, 0.5) is 0 Å². The number of hydrogen-bond acceptors (Lipinski definition) is 0. The predicted octanol–water partition coefficient (Wildman–Crippen LogP) is 4.30. The summed E-state index contributed by atoms with van der Waals surface area (Å²) in [4.78, 5) is 0. The van der Waals surface area contributed by atoms with Crippen LogP contribution in [0.5, 0.6) is 0 Å². The Morgan fingerprint density at radius 2 is 1.73 bits per heavy atom. The number of unbranched alkanes of at least 4 members (excludes halogenated alkanes) is 4. The Kier molecular flexibility index (Phi) is 10.4. The van der Waals surface area contributed by atoms with Gasteiger partial charge < -0.3 is 0 Å². The van der Waals surface area contributed by atoms with Gasteiger partial charge in [-0.3, -0.25) is 0 Å². The fourth-order valence-corrected chi connectivity index (χ4v) is 1.33. The van der Waals surface area contributed by atoms with Gasteiger partial charge >= 0.3 is 0 Å². The van der Waals surface area contributed by atoms with Crippen LogP contribution in [-0.2, 0) is 0 Å². The highest BCUT2D eigenvalue weighted by Gasteiger charge is 1.84. The summed E-state index contributed by atoms with van der Waals surface area (Å²) in [6, 6.07) is 0. The van der Waals surface area contributed by atoms with E-state index >= 15 is 0 Å². The molecular weight excluding hydrogens is 200 g/mol. The molecule has 0 fully saturated rings. The molecule has 0 atom stereocenters. The van der Waals surface area contributed by atoms with Gasteiger partial charge in [0.2, 0.25) is 0 Å². The molecule has 0 N–H and O–H groups in total. The smallest absolute Gasteiger partial charge is 0.00313 e. The molecule has 1 heteroatoms. The summed E-state index contributed by atoms with van der Waals surface area (Å²) in [5.41, 5.74) is 0. The molecule has 0 rings (SSSR count). The quantitative estimate of drug-likeness (QED) is 0.340. The molecule has 0 aromatic heterocycles. The lowest BCUT2D eigenvalue weighted by atomic mass is 10.2. The zero-order valence-corrected chi connectivity index (χ0v) is 9.07. The molecule has 0 saturated carbocycles. The average Bonchev–Trinajstić information content (AvgIpc) is 2.03. The Balaban J connectivity index is 2.89. The minimum Gasteiger partial charge on any atom is -0.0928 e. The van der Waals surface area contributed by atoms with Crippen LogP contribution in [-0.4, -0.2) is 5.33 Å². The van der Waals surface area contributed by atoms with Crippen LogP contribution in [0.1, 0.15) is 45.4 Å². The molecule has 0 saturated heterocycles. The third-order valence-corrected chi connectivity index (χ3v) is 2.19. The molecule has 0 aliphatic carbocycles. The van der Waals surface area contributed by atoms with E-state index in [9.17, 15) is 0 Å².